The molecule has 0 radical (unpaired) electrons. The van der Waals surface area contributed by atoms with Crippen LogP contribution in [0.2, 0.25) is 0 Å². The zero-order valence-electron chi connectivity index (χ0n) is 14.5. The number of ether oxygens (including phenoxy) is 1. The first kappa shape index (κ1) is 15.7. The van der Waals surface area contributed by atoms with Crippen molar-refractivity contribution in [3.63, 3.8) is 0 Å². The molecule has 1 saturated heterocycles. The van der Waals surface area contributed by atoms with E-state index >= 15 is 0 Å². The van der Waals surface area contributed by atoms with Crippen molar-refractivity contribution in [3.05, 3.63) is 59.4 Å². The number of para-hydroxylation sites is 2. The molecule has 5 heteroatoms. The predicted molar refractivity (Wildman–Crippen MR) is 96.8 cm³/mol. The summed E-state index contributed by atoms with van der Waals surface area (Å²) in [5.41, 5.74) is 3.63. The summed E-state index contributed by atoms with van der Waals surface area (Å²) in [4.78, 5) is 23.0. The highest BCUT2D eigenvalue weighted by atomic mass is 16.5. The Kier molecular flexibility index (Phi) is 3.92. The van der Waals surface area contributed by atoms with Gasteiger partial charge in [0.2, 0.25) is 0 Å². The average Bonchev–Trinajstić information content (AvgIpc) is 3.27. The first-order valence-electron chi connectivity index (χ1n) is 8.57. The smallest absolute Gasteiger partial charge is 0.254 e. The summed E-state index contributed by atoms with van der Waals surface area (Å²) < 4.78 is 5.36. The molecule has 25 heavy (non-hydrogen) atoms. The van der Waals surface area contributed by atoms with Crippen LogP contribution >= 0.6 is 0 Å². The van der Waals surface area contributed by atoms with Crippen LogP contribution in [0.1, 0.15) is 40.6 Å². The highest BCUT2D eigenvalue weighted by Crippen LogP contribution is 2.33. The molecule has 2 heterocycles. The summed E-state index contributed by atoms with van der Waals surface area (Å²) in [6.45, 7) is 2.72. The van der Waals surface area contributed by atoms with Crippen molar-refractivity contribution in [1.82, 2.24) is 14.9 Å². The summed E-state index contributed by atoms with van der Waals surface area (Å²) >= 11 is 0. The second kappa shape index (κ2) is 6.24. The molecule has 1 aliphatic rings. The van der Waals surface area contributed by atoms with Crippen LogP contribution in [0.5, 0.6) is 5.75 Å². The summed E-state index contributed by atoms with van der Waals surface area (Å²) in [6.07, 6.45) is 1.91. The summed E-state index contributed by atoms with van der Waals surface area (Å²) in [5, 5.41) is 0. The number of imidazole rings is 1. The maximum atomic E-state index is 13.1. The van der Waals surface area contributed by atoms with Crippen molar-refractivity contribution >= 4 is 16.9 Å². The molecule has 1 atom stereocenters. The molecular formula is C20H21N3O2. The van der Waals surface area contributed by atoms with Gasteiger partial charge in [-0.05, 0) is 49.6 Å². The maximum Gasteiger partial charge on any atom is 0.254 e. The minimum atomic E-state index is -0.00722. The number of likely N-dealkylation sites (tertiary alicyclic amines) is 1. The van der Waals surface area contributed by atoms with E-state index in [4.69, 9.17) is 9.72 Å². The summed E-state index contributed by atoms with van der Waals surface area (Å²) in [6, 6.07) is 13.6. The van der Waals surface area contributed by atoms with Gasteiger partial charge in [-0.2, -0.15) is 0 Å². The quantitative estimate of drug-likeness (QED) is 0.791. The van der Waals surface area contributed by atoms with Crippen LogP contribution in [-0.2, 0) is 0 Å². The number of amides is 1. The normalized spacial score (nSPS) is 17.2. The van der Waals surface area contributed by atoms with E-state index in [0.717, 1.165) is 47.6 Å². The molecule has 1 N–H and O–H groups in total. The van der Waals surface area contributed by atoms with E-state index in [1.165, 1.54) is 0 Å². The molecule has 1 fully saturated rings. The Morgan fingerprint density at radius 3 is 2.92 bits per heavy atom. The lowest BCUT2D eigenvalue weighted by atomic mass is 10.1. The Bertz CT molecular complexity index is 899. The standard InChI is InChI=1S/C20H21N3O2/c1-13-9-10-14(12-18(13)25-2)20(24)23-11-5-8-17(23)19-21-15-6-3-4-7-16(15)22-19/h3-4,6-7,9-10,12,17H,5,8,11H2,1-2H3,(H,21,22)/t17-/m0/s1. The van der Waals surface area contributed by atoms with Crippen LogP contribution in [0, 0.1) is 6.92 Å². The number of nitrogens with one attached hydrogen (secondary N) is 1. The number of methoxy groups -OCH3 is 1. The third-order valence-corrected chi connectivity index (χ3v) is 4.89. The fourth-order valence-electron chi connectivity index (χ4n) is 3.54. The SMILES string of the molecule is COc1cc(C(=O)N2CCC[C@H]2c2nc3ccccc3[nH]2)ccc1C. The highest BCUT2D eigenvalue weighted by molar-refractivity contribution is 5.95. The molecular weight excluding hydrogens is 314 g/mol. The van der Waals surface area contributed by atoms with Crippen LogP contribution in [0.15, 0.2) is 42.5 Å². The number of aromatic nitrogens is 2. The fraction of sp³-hybridized carbons (Fsp3) is 0.300. The number of aromatic amines is 1. The van der Waals surface area contributed by atoms with Gasteiger partial charge in [0.15, 0.2) is 0 Å². The van der Waals surface area contributed by atoms with Crippen molar-refractivity contribution < 1.29 is 9.53 Å². The number of carbonyl (C=O) groups is 1. The van der Waals surface area contributed by atoms with Gasteiger partial charge in [0, 0.05) is 12.1 Å². The summed E-state index contributed by atoms with van der Waals surface area (Å²) in [5.74, 6) is 1.64. The van der Waals surface area contributed by atoms with E-state index in [-0.39, 0.29) is 11.9 Å². The first-order valence-corrected chi connectivity index (χ1v) is 8.57. The van der Waals surface area contributed by atoms with E-state index in [0.29, 0.717) is 5.56 Å². The zero-order valence-corrected chi connectivity index (χ0v) is 14.5. The van der Waals surface area contributed by atoms with Crippen LogP contribution in [0.25, 0.3) is 11.0 Å². The van der Waals surface area contributed by atoms with Gasteiger partial charge in [0.1, 0.15) is 11.6 Å². The number of rotatable bonds is 3. The van der Waals surface area contributed by atoms with Crippen molar-refractivity contribution in [2.24, 2.45) is 0 Å². The van der Waals surface area contributed by atoms with Gasteiger partial charge in [-0.3, -0.25) is 4.79 Å². The number of carbonyl (C=O) groups excluding carboxylic acids is 1. The Morgan fingerprint density at radius 1 is 1.28 bits per heavy atom. The minimum Gasteiger partial charge on any atom is -0.496 e. The maximum absolute atomic E-state index is 13.1. The number of fused-ring (bicyclic) bond motifs is 1. The topological polar surface area (TPSA) is 58.2 Å². The number of hydrogen-bond donors (Lipinski definition) is 1. The van der Waals surface area contributed by atoms with Crippen molar-refractivity contribution in [3.8, 4) is 5.75 Å². The second-order valence-electron chi connectivity index (χ2n) is 6.48. The molecule has 0 unspecified atom stereocenters. The van der Waals surface area contributed by atoms with Crippen molar-refractivity contribution in [2.45, 2.75) is 25.8 Å². The zero-order chi connectivity index (χ0) is 17.4. The Balaban J connectivity index is 1.65. The lowest BCUT2D eigenvalue weighted by molar-refractivity contribution is 0.0730. The Labute approximate surface area is 146 Å². The lowest BCUT2D eigenvalue weighted by Crippen LogP contribution is -2.31. The number of H-pyrrole nitrogens is 1. The third-order valence-electron chi connectivity index (χ3n) is 4.89. The molecule has 1 amide bonds. The minimum absolute atomic E-state index is 0.00722. The van der Waals surface area contributed by atoms with E-state index < -0.39 is 0 Å². The van der Waals surface area contributed by atoms with Gasteiger partial charge < -0.3 is 14.6 Å². The van der Waals surface area contributed by atoms with E-state index in [1.54, 1.807) is 7.11 Å². The van der Waals surface area contributed by atoms with Gasteiger partial charge in [0.25, 0.3) is 5.91 Å². The number of nitrogens with zero attached hydrogens (tertiary/aromatic N) is 2. The molecule has 5 nitrogen and oxygen atoms in total. The molecule has 3 aromatic rings. The molecule has 4 rings (SSSR count). The molecule has 1 aromatic heterocycles. The van der Waals surface area contributed by atoms with E-state index in [1.807, 2.05) is 54.3 Å². The monoisotopic (exact) mass is 335 g/mol. The predicted octanol–water partition coefficient (Wildman–Crippen LogP) is 3.86. The fourth-order valence-corrected chi connectivity index (χ4v) is 3.54. The van der Waals surface area contributed by atoms with Gasteiger partial charge in [-0.15, -0.1) is 0 Å². The van der Waals surface area contributed by atoms with Crippen molar-refractivity contribution in [2.75, 3.05) is 13.7 Å². The van der Waals surface area contributed by atoms with Gasteiger partial charge in [0.05, 0.1) is 24.2 Å². The molecule has 0 bridgehead atoms. The molecule has 2 aromatic carbocycles. The van der Waals surface area contributed by atoms with Crippen molar-refractivity contribution in [1.29, 1.82) is 0 Å². The number of benzene rings is 2. The largest absolute Gasteiger partial charge is 0.496 e. The highest BCUT2D eigenvalue weighted by Gasteiger charge is 2.32. The van der Waals surface area contributed by atoms with Crippen LogP contribution in [0.4, 0.5) is 0 Å². The molecule has 128 valence electrons. The number of hydrogen-bond acceptors (Lipinski definition) is 3. The third kappa shape index (κ3) is 2.76. The Hall–Kier alpha value is -2.82. The molecule has 0 aliphatic carbocycles. The van der Waals surface area contributed by atoms with Crippen LogP contribution in [0.3, 0.4) is 0 Å². The van der Waals surface area contributed by atoms with Crippen LogP contribution in [-0.4, -0.2) is 34.4 Å². The van der Waals surface area contributed by atoms with E-state index in [2.05, 4.69) is 4.98 Å². The van der Waals surface area contributed by atoms with Gasteiger partial charge >= 0.3 is 0 Å². The average molecular weight is 335 g/mol. The molecule has 1 aliphatic heterocycles. The van der Waals surface area contributed by atoms with Gasteiger partial charge in [-0.1, -0.05) is 18.2 Å². The lowest BCUT2D eigenvalue weighted by Gasteiger charge is -2.23. The first-order chi connectivity index (χ1) is 12.2. The van der Waals surface area contributed by atoms with Gasteiger partial charge in [-0.25, -0.2) is 4.98 Å². The molecule has 0 spiro atoms. The Morgan fingerprint density at radius 2 is 2.12 bits per heavy atom. The summed E-state index contributed by atoms with van der Waals surface area (Å²) in [7, 11) is 1.63. The number of aryl methyl sites for hydroxylation is 1. The molecule has 0 saturated carbocycles. The van der Waals surface area contributed by atoms with Crippen LogP contribution < -0.4 is 4.74 Å². The second-order valence-corrected chi connectivity index (χ2v) is 6.48. The van der Waals surface area contributed by atoms with E-state index in [9.17, 15) is 4.79 Å².